The number of methoxy groups -OCH3 is 1. The molecule has 5 rings (SSSR count). The number of rotatable bonds is 9. The maximum atomic E-state index is 6.10. The van der Waals surface area contributed by atoms with Crippen molar-refractivity contribution < 1.29 is 14.0 Å². The minimum absolute atomic E-state index is 0.0262. The van der Waals surface area contributed by atoms with Gasteiger partial charge in [0.1, 0.15) is 11.4 Å². The molecule has 1 aromatic heterocycles. The molecular formula is C27H25NO3S. The van der Waals surface area contributed by atoms with E-state index in [9.17, 15) is 0 Å². The van der Waals surface area contributed by atoms with Gasteiger partial charge in [-0.3, -0.25) is 0 Å². The van der Waals surface area contributed by atoms with Gasteiger partial charge in [0.25, 0.3) is 0 Å². The van der Waals surface area contributed by atoms with Crippen LogP contribution in [0.25, 0.3) is 22.4 Å². The van der Waals surface area contributed by atoms with Crippen LogP contribution in [0, 0.1) is 0 Å². The molecule has 0 aliphatic heterocycles. The summed E-state index contributed by atoms with van der Waals surface area (Å²) in [5.41, 5.74) is 4.14. The average Bonchev–Trinajstić information content (AvgIpc) is 3.52. The van der Waals surface area contributed by atoms with Crippen LogP contribution in [0.3, 0.4) is 0 Å². The molecule has 0 saturated heterocycles. The van der Waals surface area contributed by atoms with Gasteiger partial charge >= 0.3 is 0 Å². The van der Waals surface area contributed by atoms with Crippen LogP contribution in [0.5, 0.6) is 5.75 Å². The largest absolute Gasteiger partial charge is 0.468 e. The third kappa shape index (κ3) is 4.31. The van der Waals surface area contributed by atoms with E-state index in [0.29, 0.717) is 0 Å². The Morgan fingerprint density at radius 1 is 0.875 bits per heavy atom. The maximum absolute atomic E-state index is 6.10. The lowest BCUT2D eigenvalue weighted by Crippen LogP contribution is -2.10. The van der Waals surface area contributed by atoms with Gasteiger partial charge in [-0.1, -0.05) is 53.7 Å². The Bertz CT molecular complexity index is 1150. The zero-order chi connectivity index (χ0) is 21.8. The summed E-state index contributed by atoms with van der Waals surface area (Å²) in [7, 11) is 1.61. The second-order valence-corrected chi connectivity index (χ2v) is 9.11. The van der Waals surface area contributed by atoms with Gasteiger partial charge in [0.2, 0.25) is 0 Å². The fraction of sp³-hybridized carbons (Fsp3) is 0.222. The molecule has 0 amide bonds. The molecule has 1 aliphatic rings. The Labute approximate surface area is 192 Å². The first-order valence-electron chi connectivity index (χ1n) is 10.7. The molecular weight excluding hydrogens is 418 g/mol. The number of benzene rings is 3. The zero-order valence-corrected chi connectivity index (χ0v) is 18.8. The molecule has 1 saturated carbocycles. The molecule has 4 aromatic rings. The number of ether oxygens (including phenoxy) is 2. The quantitative estimate of drug-likeness (QED) is 0.210. The topological polar surface area (TPSA) is 44.5 Å². The summed E-state index contributed by atoms with van der Waals surface area (Å²) >= 11 is 1.89. The highest BCUT2D eigenvalue weighted by molar-refractivity contribution is 7.99. The van der Waals surface area contributed by atoms with Crippen molar-refractivity contribution in [3.8, 4) is 28.1 Å². The van der Waals surface area contributed by atoms with Gasteiger partial charge in [0.05, 0.1) is 5.56 Å². The lowest BCUT2D eigenvalue weighted by molar-refractivity contribution is 0.0511. The molecule has 1 heterocycles. The third-order valence-corrected chi connectivity index (χ3v) is 7.12. The molecule has 0 unspecified atom stereocenters. The number of hydrogen-bond acceptors (Lipinski definition) is 5. The van der Waals surface area contributed by atoms with E-state index >= 15 is 0 Å². The van der Waals surface area contributed by atoms with E-state index < -0.39 is 0 Å². The first-order valence-corrected chi connectivity index (χ1v) is 11.7. The lowest BCUT2D eigenvalue weighted by atomic mass is 9.93. The molecule has 0 N–H and O–H groups in total. The molecule has 0 radical (unpaired) electrons. The van der Waals surface area contributed by atoms with Gasteiger partial charge in [0.15, 0.2) is 12.6 Å². The van der Waals surface area contributed by atoms with Crippen LogP contribution in [-0.2, 0) is 10.2 Å². The SMILES string of the molecule is COCOc1ccc(-c2noc(C3(CSc4ccccc4)CC3)c2-c2ccccc2)cc1. The van der Waals surface area contributed by atoms with Gasteiger partial charge < -0.3 is 14.0 Å². The molecule has 0 bridgehead atoms. The summed E-state index contributed by atoms with van der Waals surface area (Å²) in [6.07, 6.45) is 2.23. The van der Waals surface area contributed by atoms with E-state index in [-0.39, 0.29) is 12.2 Å². The number of thioether (sulfide) groups is 1. The van der Waals surface area contributed by atoms with Crippen molar-refractivity contribution in [2.75, 3.05) is 19.7 Å². The maximum Gasteiger partial charge on any atom is 0.188 e. The summed E-state index contributed by atoms with van der Waals surface area (Å²) < 4.78 is 16.6. The van der Waals surface area contributed by atoms with Crippen molar-refractivity contribution in [1.82, 2.24) is 5.16 Å². The van der Waals surface area contributed by atoms with Crippen LogP contribution in [0.1, 0.15) is 18.6 Å². The van der Waals surface area contributed by atoms with Crippen molar-refractivity contribution in [3.63, 3.8) is 0 Å². The van der Waals surface area contributed by atoms with E-state index in [1.54, 1.807) is 7.11 Å². The fourth-order valence-electron chi connectivity index (χ4n) is 3.88. The number of nitrogens with zero attached hydrogens (tertiary/aromatic N) is 1. The monoisotopic (exact) mass is 443 g/mol. The highest BCUT2D eigenvalue weighted by atomic mass is 32.2. The van der Waals surface area contributed by atoms with Crippen LogP contribution in [0.2, 0.25) is 0 Å². The van der Waals surface area contributed by atoms with Gasteiger partial charge in [-0.05, 0) is 54.8 Å². The van der Waals surface area contributed by atoms with E-state index in [1.807, 2.05) is 42.1 Å². The van der Waals surface area contributed by atoms with Crippen LogP contribution >= 0.6 is 11.8 Å². The molecule has 4 nitrogen and oxygen atoms in total. The molecule has 3 aromatic carbocycles. The summed E-state index contributed by atoms with van der Waals surface area (Å²) in [5, 5.41) is 4.57. The minimum Gasteiger partial charge on any atom is -0.468 e. The van der Waals surface area contributed by atoms with Gasteiger partial charge in [0, 0.05) is 28.7 Å². The van der Waals surface area contributed by atoms with Crippen molar-refractivity contribution in [2.45, 2.75) is 23.2 Å². The van der Waals surface area contributed by atoms with Crippen LogP contribution in [-0.4, -0.2) is 24.8 Å². The van der Waals surface area contributed by atoms with Crippen molar-refractivity contribution in [2.24, 2.45) is 0 Å². The van der Waals surface area contributed by atoms with Crippen LogP contribution in [0.4, 0.5) is 0 Å². The smallest absolute Gasteiger partial charge is 0.188 e. The summed E-state index contributed by atoms with van der Waals surface area (Å²) in [5.74, 6) is 2.75. The summed E-state index contributed by atoms with van der Waals surface area (Å²) in [6, 6.07) is 28.9. The van der Waals surface area contributed by atoms with Crippen molar-refractivity contribution in [3.05, 3.63) is 90.7 Å². The predicted octanol–water partition coefficient (Wildman–Crippen LogP) is 6.82. The van der Waals surface area contributed by atoms with E-state index in [4.69, 9.17) is 14.0 Å². The minimum atomic E-state index is 0.0262. The van der Waals surface area contributed by atoms with Gasteiger partial charge in [-0.2, -0.15) is 0 Å². The first-order chi connectivity index (χ1) is 15.8. The standard InChI is InChI=1S/C27H25NO3S/c1-29-19-30-22-14-12-21(13-15-22)25-24(20-8-4-2-5-9-20)26(31-28-25)27(16-17-27)18-32-23-10-6-3-7-11-23/h2-15H,16-19H2,1H3. The average molecular weight is 444 g/mol. The lowest BCUT2D eigenvalue weighted by Gasteiger charge is -2.14. The van der Waals surface area contributed by atoms with Gasteiger partial charge in [-0.25, -0.2) is 0 Å². The van der Waals surface area contributed by atoms with Crippen LogP contribution in [0.15, 0.2) is 94.3 Å². The highest BCUT2D eigenvalue weighted by Crippen LogP contribution is 2.55. The van der Waals surface area contributed by atoms with Crippen molar-refractivity contribution >= 4 is 11.8 Å². The second-order valence-electron chi connectivity index (χ2n) is 8.06. The first kappa shape index (κ1) is 20.9. The Kier molecular flexibility index (Phi) is 6.02. The van der Waals surface area contributed by atoms with E-state index in [1.165, 1.54) is 4.90 Å². The molecule has 32 heavy (non-hydrogen) atoms. The predicted molar refractivity (Wildman–Crippen MR) is 128 cm³/mol. The Morgan fingerprint density at radius 3 is 2.22 bits per heavy atom. The Hall–Kier alpha value is -3.02. The van der Waals surface area contributed by atoms with Gasteiger partial charge in [-0.15, -0.1) is 11.8 Å². The van der Waals surface area contributed by atoms with Crippen molar-refractivity contribution in [1.29, 1.82) is 0 Å². The molecule has 1 aliphatic carbocycles. The number of hydrogen-bond donors (Lipinski definition) is 0. The van der Waals surface area contributed by atoms with Crippen LogP contribution < -0.4 is 4.74 Å². The zero-order valence-electron chi connectivity index (χ0n) is 18.0. The molecule has 0 atom stereocenters. The summed E-state index contributed by atoms with van der Waals surface area (Å²) in [4.78, 5) is 1.28. The fourth-order valence-corrected chi connectivity index (χ4v) is 5.10. The molecule has 162 valence electrons. The highest BCUT2D eigenvalue weighted by Gasteiger charge is 2.50. The normalized spacial score (nSPS) is 14.3. The second kappa shape index (κ2) is 9.23. The van der Waals surface area contributed by atoms with E-state index in [0.717, 1.165) is 52.5 Å². The van der Waals surface area contributed by atoms with E-state index in [2.05, 4.69) is 59.8 Å². The third-order valence-electron chi connectivity index (χ3n) is 5.82. The molecule has 5 heteroatoms. The summed E-state index contributed by atoms with van der Waals surface area (Å²) in [6.45, 7) is 0.227. The molecule has 0 spiro atoms. The number of aromatic nitrogens is 1. The Morgan fingerprint density at radius 2 is 1.56 bits per heavy atom. The Balaban J connectivity index is 1.49. The molecule has 1 fully saturated rings.